The van der Waals surface area contributed by atoms with Gasteiger partial charge in [0.05, 0.1) is 0 Å². The van der Waals surface area contributed by atoms with Crippen molar-refractivity contribution in [2.75, 3.05) is 19.0 Å². The van der Waals surface area contributed by atoms with Crippen LogP contribution in [0.5, 0.6) is 5.75 Å². The Morgan fingerprint density at radius 2 is 1.95 bits per heavy atom. The van der Waals surface area contributed by atoms with Crippen LogP contribution in [0.3, 0.4) is 0 Å². The fourth-order valence-corrected chi connectivity index (χ4v) is 2.73. The molecule has 19 heavy (non-hydrogen) atoms. The van der Waals surface area contributed by atoms with Crippen LogP contribution in [-0.4, -0.2) is 25.0 Å². The van der Waals surface area contributed by atoms with Crippen molar-refractivity contribution in [3.8, 4) is 11.8 Å². The molecule has 1 N–H and O–H groups in total. The lowest BCUT2D eigenvalue weighted by Crippen LogP contribution is -2.07. The van der Waals surface area contributed by atoms with E-state index in [-0.39, 0.29) is 22.0 Å². The molecule has 1 aromatic carbocycles. The topological polar surface area (TPSA) is 64.3 Å². The number of carbonyl (C=O) groups excluding carboxylic acids is 1. The third kappa shape index (κ3) is 2.30. The van der Waals surface area contributed by atoms with E-state index >= 15 is 0 Å². The van der Waals surface area contributed by atoms with Gasteiger partial charge in [0, 0.05) is 19.7 Å². The molecule has 0 fully saturated rings. The highest BCUT2D eigenvalue weighted by molar-refractivity contribution is 7.18. The van der Waals surface area contributed by atoms with Crippen LogP contribution in [-0.2, 0) is 0 Å². The molecule has 1 heterocycles. The van der Waals surface area contributed by atoms with E-state index in [1.165, 1.54) is 0 Å². The SMILES string of the molecule is CN(C)c1sc(C(=O)c2ccccc2)c(O)c1C#N. The standard InChI is InChI=1S/C14H12N2O2S/c1-16(2)14-10(8-15)12(18)13(19-14)11(17)9-6-4-3-5-7-9/h3-7,18H,1-2H3. The van der Waals surface area contributed by atoms with Gasteiger partial charge >= 0.3 is 0 Å². The van der Waals surface area contributed by atoms with Gasteiger partial charge in [0.2, 0.25) is 5.78 Å². The zero-order valence-corrected chi connectivity index (χ0v) is 11.4. The zero-order valence-electron chi connectivity index (χ0n) is 10.5. The molecule has 0 aliphatic carbocycles. The van der Waals surface area contributed by atoms with Gasteiger partial charge in [-0.2, -0.15) is 5.26 Å². The number of anilines is 1. The predicted octanol–water partition coefficient (Wildman–Crippen LogP) is 2.62. The summed E-state index contributed by atoms with van der Waals surface area (Å²) >= 11 is 1.13. The summed E-state index contributed by atoms with van der Waals surface area (Å²) in [5.74, 6) is -0.502. The number of ketones is 1. The van der Waals surface area contributed by atoms with Crippen LogP contribution in [0.15, 0.2) is 30.3 Å². The summed E-state index contributed by atoms with van der Waals surface area (Å²) in [5.41, 5.74) is 0.642. The van der Waals surface area contributed by atoms with Gasteiger partial charge in [-0.25, -0.2) is 0 Å². The average Bonchev–Trinajstić information content (AvgIpc) is 2.76. The van der Waals surface area contributed by atoms with Gasteiger partial charge in [-0.15, -0.1) is 11.3 Å². The van der Waals surface area contributed by atoms with Crippen LogP contribution >= 0.6 is 11.3 Å². The first-order valence-electron chi connectivity index (χ1n) is 5.59. The van der Waals surface area contributed by atoms with Crippen LogP contribution in [0.2, 0.25) is 0 Å². The monoisotopic (exact) mass is 272 g/mol. The van der Waals surface area contributed by atoms with Gasteiger partial charge in [-0.05, 0) is 0 Å². The number of hydrogen-bond donors (Lipinski definition) is 1. The highest BCUT2D eigenvalue weighted by Crippen LogP contribution is 2.40. The first-order chi connectivity index (χ1) is 9.06. The van der Waals surface area contributed by atoms with E-state index in [4.69, 9.17) is 5.26 Å². The number of benzene rings is 1. The Bertz CT molecular complexity index is 654. The summed E-state index contributed by atoms with van der Waals surface area (Å²) in [6.07, 6.45) is 0. The Hall–Kier alpha value is -2.32. The Labute approximate surface area is 115 Å². The number of hydrogen-bond acceptors (Lipinski definition) is 5. The largest absolute Gasteiger partial charge is 0.505 e. The molecule has 0 saturated heterocycles. The number of aromatic hydroxyl groups is 1. The third-order valence-corrected chi connectivity index (χ3v) is 3.97. The maximum Gasteiger partial charge on any atom is 0.206 e. The molecule has 0 aliphatic rings. The molecule has 0 saturated carbocycles. The number of rotatable bonds is 3. The van der Waals surface area contributed by atoms with Crippen molar-refractivity contribution >= 4 is 22.1 Å². The number of carbonyl (C=O) groups is 1. The molecule has 5 heteroatoms. The van der Waals surface area contributed by atoms with Crippen molar-refractivity contribution in [1.29, 1.82) is 5.26 Å². The van der Waals surface area contributed by atoms with Crippen LogP contribution in [0.1, 0.15) is 20.8 Å². The second kappa shape index (κ2) is 5.12. The molecule has 0 aliphatic heterocycles. The maximum atomic E-state index is 12.3. The van der Waals surface area contributed by atoms with Crippen LogP contribution < -0.4 is 4.90 Å². The lowest BCUT2D eigenvalue weighted by Gasteiger charge is -2.08. The molecule has 0 bridgehead atoms. The normalized spacial score (nSPS) is 9.95. The summed E-state index contributed by atoms with van der Waals surface area (Å²) in [4.78, 5) is 14.2. The van der Waals surface area contributed by atoms with E-state index in [0.717, 1.165) is 11.3 Å². The summed E-state index contributed by atoms with van der Waals surface area (Å²) in [6.45, 7) is 0. The molecular weight excluding hydrogens is 260 g/mol. The van der Waals surface area contributed by atoms with Crippen molar-refractivity contribution in [3.63, 3.8) is 0 Å². The smallest absolute Gasteiger partial charge is 0.206 e. The van der Waals surface area contributed by atoms with Crippen LogP contribution in [0.4, 0.5) is 5.00 Å². The van der Waals surface area contributed by atoms with Gasteiger partial charge < -0.3 is 10.0 Å². The molecule has 2 aromatic rings. The second-order valence-corrected chi connectivity index (χ2v) is 5.16. The van der Waals surface area contributed by atoms with Crippen molar-refractivity contribution in [2.24, 2.45) is 0 Å². The van der Waals surface area contributed by atoms with Crippen molar-refractivity contribution in [1.82, 2.24) is 0 Å². The van der Waals surface area contributed by atoms with Gasteiger partial charge in [0.1, 0.15) is 21.5 Å². The molecule has 0 amide bonds. The Kier molecular flexibility index (Phi) is 3.54. The fraction of sp³-hybridized carbons (Fsp3) is 0.143. The second-order valence-electron chi connectivity index (χ2n) is 4.16. The summed E-state index contributed by atoms with van der Waals surface area (Å²) in [7, 11) is 3.53. The van der Waals surface area contributed by atoms with Crippen molar-refractivity contribution < 1.29 is 9.90 Å². The average molecular weight is 272 g/mol. The van der Waals surface area contributed by atoms with Gasteiger partial charge in [0.15, 0.2) is 5.75 Å². The number of nitriles is 1. The predicted molar refractivity (Wildman–Crippen MR) is 74.9 cm³/mol. The molecule has 0 radical (unpaired) electrons. The van der Waals surface area contributed by atoms with E-state index in [2.05, 4.69) is 0 Å². The molecule has 2 rings (SSSR count). The molecule has 0 spiro atoms. The molecule has 96 valence electrons. The van der Waals surface area contributed by atoms with Gasteiger partial charge in [-0.3, -0.25) is 4.79 Å². The first kappa shape index (κ1) is 13.1. The molecular formula is C14H12N2O2S. The first-order valence-corrected chi connectivity index (χ1v) is 6.40. The lowest BCUT2D eigenvalue weighted by molar-refractivity contribution is 0.104. The van der Waals surface area contributed by atoms with E-state index in [9.17, 15) is 9.90 Å². The molecule has 0 unspecified atom stereocenters. The summed E-state index contributed by atoms with van der Waals surface area (Å²) < 4.78 is 0. The van der Waals surface area contributed by atoms with E-state index in [1.54, 1.807) is 43.3 Å². The maximum absolute atomic E-state index is 12.3. The molecule has 1 aromatic heterocycles. The highest BCUT2D eigenvalue weighted by Gasteiger charge is 2.24. The Morgan fingerprint density at radius 3 is 2.42 bits per heavy atom. The zero-order chi connectivity index (χ0) is 14.0. The summed E-state index contributed by atoms with van der Waals surface area (Å²) in [5, 5.41) is 19.7. The summed E-state index contributed by atoms with van der Waals surface area (Å²) in [6, 6.07) is 10.6. The number of nitrogens with zero attached hydrogens (tertiary/aromatic N) is 2. The Morgan fingerprint density at radius 1 is 1.32 bits per heavy atom. The minimum Gasteiger partial charge on any atom is -0.505 e. The third-order valence-electron chi connectivity index (χ3n) is 2.62. The lowest BCUT2D eigenvalue weighted by atomic mass is 10.1. The van der Waals surface area contributed by atoms with Crippen LogP contribution in [0, 0.1) is 11.3 Å². The van der Waals surface area contributed by atoms with Gasteiger partial charge in [-0.1, -0.05) is 30.3 Å². The number of thiophene rings is 1. The highest BCUT2D eigenvalue weighted by atomic mass is 32.1. The minimum absolute atomic E-state index is 0.147. The van der Waals surface area contributed by atoms with Crippen molar-refractivity contribution in [2.45, 2.75) is 0 Å². The van der Waals surface area contributed by atoms with E-state index in [0.29, 0.717) is 10.6 Å². The fourth-order valence-electron chi connectivity index (χ4n) is 1.70. The minimum atomic E-state index is -0.271. The van der Waals surface area contributed by atoms with Gasteiger partial charge in [0.25, 0.3) is 0 Å². The van der Waals surface area contributed by atoms with Crippen molar-refractivity contribution in [3.05, 3.63) is 46.3 Å². The molecule has 0 atom stereocenters. The molecule has 4 nitrogen and oxygen atoms in total. The van der Waals surface area contributed by atoms with E-state index in [1.807, 2.05) is 12.1 Å². The Balaban J connectivity index is 2.53. The van der Waals surface area contributed by atoms with Crippen LogP contribution in [0.25, 0.3) is 0 Å². The quantitative estimate of drug-likeness (QED) is 0.872. The van der Waals surface area contributed by atoms with E-state index < -0.39 is 0 Å².